The fourth-order valence-electron chi connectivity index (χ4n) is 6.04. The second kappa shape index (κ2) is 38.7. The summed E-state index contributed by atoms with van der Waals surface area (Å²) >= 11 is 1.28. The van der Waals surface area contributed by atoms with E-state index < -0.39 is 17.6 Å². The van der Waals surface area contributed by atoms with Gasteiger partial charge < -0.3 is 44.9 Å². The van der Waals surface area contributed by atoms with Crippen molar-refractivity contribution in [3.05, 3.63) is 11.9 Å². The van der Waals surface area contributed by atoms with E-state index in [1.165, 1.54) is 114 Å². The van der Waals surface area contributed by atoms with Gasteiger partial charge in [-0.05, 0) is 12.8 Å². The first-order chi connectivity index (χ1) is 27.4. The summed E-state index contributed by atoms with van der Waals surface area (Å²) in [6, 6.07) is 0. The highest BCUT2D eigenvalue weighted by Gasteiger charge is 2.22. The van der Waals surface area contributed by atoms with Gasteiger partial charge >= 0.3 is 0 Å². The van der Waals surface area contributed by atoms with Crippen LogP contribution in [-0.4, -0.2) is 125 Å². The first kappa shape index (κ1) is 52.2. The molecular weight excluding hydrogens is 739 g/mol. The number of nitrogens with zero attached hydrogens (tertiary/aromatic N) is 3. The van der Waals surface area contributed by atoms with E-state index in [9.17, 15) is 24.9 Å². The fraction of sp³-hybridized carbons (Fsp3) is 0.902. The molecule has 0 bridgehead atoms. The fourth-order valence-corrected chi connectivity index (χ4v) is 6.85. The van der Waals surface area contributed by atoms with Crippen LogP contribution in [0.25, 0.3) is 0 Å². The van der Waals surface area contributed by atoms with Crippen molar-refractivity contribution in [2.75, 3.05) is 65.2 Å². The summed E-state index contributed by atoms with van der Waals surface area (Å²) < 4.78 is 23.7. The number of aliphatic hydroxyl groups excluding tert-OH is 3. The highest BCUT2D eigenvalue weighted by molar-refractivity contribution is 7.99. The van der Waals surface area contributed by atoms with E-state index in [0.29, 0.717) is 70.4 Å². The number of hydrogen-bond donors (Lipinski definition) is 5. The third-order valence-corrected chi connectivity index (χ3v) is 10.6. The second-order valence-electron chi connectivity index (χ2n) is 14.5. The molecule has 5 N–H and O–H groups in total. The SMILES string of the molecule is CCCCCCCCCCCCCCCCCCCCC(=O)NCc1cn(CCOCCOCCOCC(=O)NCCS[C@@H](CO)OC(CO)C(O)CC)nn1. The third-order valence-electron chi connectivity index (χ3n) is 9.48. The number of rotatable bonds is 42. The number of carbonyl (C=O) groups excluding carboxylic acids is 2. The van der Waals surface area contributed by atoms with Crippen molar-refractivity contribution in [2.45, 2.75) is 173 Å². The van der Waals surface area contributed by atoms with Gasteiger partial charge in [0.15, 0.2) is 0 Å². The van der Waals surface area contributed by atoms with Crippen LogP contribution in [0.5, 0.6) is 0 Å². The van der Waals surface area contributed by atoms with Crippen molar-refractivity contribution in [2.24, 2.45) is 0 Å². The number of nitrogens with one attached hydrogen (secondary N) is 2. The van der Waals surface area contributed by atoms with Crippen LogP contribution in [0.4, 0.5) is 0 Å². The van der Waals surface area contributed by atoms with E-state index in [1.807, 2.05) is 6.20 Å². The van der Waals surface area contributed by atoms with Gasteiger partial charge in [-0.3, -0.25) is 9.59 Å². The third kappa shape index (κ3) is 31.2. The average molecular weight is 818 g/mol. The van der Waals surface area contributed by atoms with Crippen molar-refractivity contribution >= 4 is 23.6 Å². The standard InChI is InChI=1S/C41H79N5O9S/c1-3-5-6-7-8-9-10-11-12-13-14-15-16-17-18-19-20-21-22-39(50)43-31-36-32-46(45-44-36)24-25-52-26-27-53-28-29-54-35-40(51)42-23-30-56-41(34-48)55-38(33-47)37(49)4-2/h32,37-38,41,47-49H,3-31,33-35H2,1-2H3,(H,42,51)(H,43,50)/t37?,38?,41-/m0/s1. The van der Waals surface area contributed by atoms with Crippen LogP contribution in [0.1, 0.15) is 148 Å². The molecule has 14 nitrogen and oxygen atoms in total. The lowest BCUT2D eigenvalue weighted by molar-refractivity contribution is -0.126. The van der Waals surface area contributed by atoms with Crippen molar-refractivity contribution in [1.82, 2.24) is 25.6 Å². The first-order valence-electron chi connectivity index (χ1n) is 21.8. The minimum atomic E-state index is -0.811. The van der Waals surface area contributed by atoms with E-state index in [0.717, 1.165) is 12.8 Å². The Morgan fingerprint density at radius 2 is 1.29 bits per heavy atom. The molecule has 0 fully saturated rings. The van der Waals surface area contributed by atoms with Gasteiger partial charge in [0, 0.05) is 18.7 Å². The maximum Gasteiger partial charge on any atom is 0.246 e. The van der Waals surface area contributed by atoms with E-state index in [2.05, 4.69) is 27.9 Å². The van der Waals surface area contributed by atoms with Gasteiger partial charge in [0.1, 0.15) is 23.8 Å². The molecule has 0 aliphatic heterocycles. The number of carbonyl (C=O) groups is 2. The molecule has 1 heterocycles. The zero-order valence-corrected chi connectivity index (χ0v) is 35.8. The van der Waals surface area contributed by atoms with Crippen LogP contribution in [0.3, 0.4) is 0 Å². The number of aliphatic hydroxyl groups is 3. The second-order valence-corrected chi connectivity index (χ2v) is 15.7. The average Bonchev–Trinajstić information content (AvgIpc) is 3.67. The zero-order valence-electron chi connectivity index (χ0n) is 35.0. The molecule has 1 aromatic rings. The largest absolute Gasteiger partial charge is 0.394 e. The highest BCUT2D eigenvalue weighted by atomic mass is 32.2. The van der Waals surface area contributed by atoms with Crippen molar-refractivity contribution in [3.8, 4) is 0 Å². The molecule has 56 heavy (non-hydrogen) atoms. The number of ether oxygens (including phenoxy) is 4. The Labute approximate surface area is 342 Å². The van der Waals surface area contributed by atoms with Crippen molar-refractivity contribution in [3.63, 3.8) is 0 Å². The van der Waals surface area contributed by atoms with E-state index >= 15 is 0 Å². The topological polar surface area (TPSA) is 187 Å². The number of aromatic nitrogens is 3. The van der Waals surface area contributed by atoms with Gasteiger partial charge in [-0.15, -0.1) is 16.9 Å². The molecule has 0 saturated carbocycles. The number of hydrogen-bond acceptors (Lipinski definition) is 12. The molecule has 0 aliphatic carbocycles. The molecule has 0 aliphatic rings. The minimum Gasteiger partial charge on any atom is -0.394 e. The lowest BCUT2D eigenvalue weighted by Crippen LogP contribution is -2.36. The molecule has 15 heteroatoms. The summed E-state index contributed by atoms with van der Waals surface area (Å²) in [4.78, 5) is 24.2. The quantitative estimate of drug-likeness (QED) is 0.0402. The predicted molar refractivity (Wildman–Crippen MR) is 222 cm³/mol. The van der Waals surface area contributed by atoms with E-state index in [4.69, 9.17) is 18.9 Å². The number of unbranched alkanes of at least 4 members (excludes halogenated alkanes) is 17. The van der Waals surface area contributed by atoms with Gasteiger partial charge in [-0.25, -0.2) is 4.68 Å². The Bertz CT molecular complexity index is 1040. The molecular formula is C41H79N5O9S. The van der Waals surface area contributed by atoms with Crippen LogP contribution in [0, 0.1) is 0 Å². The predicted octanol–water partition coefficient (Wildman–Crippen LogP) is 5.69. The van der Waals surface area contributed by atoms with Crippen LogP contribution in [0.2, 0.25) is 0 Å². The number of amides is 2. The van der Waals surface area contributed by atoms with Crippen LogP contribution < -0.4 is 10.6 Å². The molecule has 2 amide bonds. The Balaban J connectivity index is 1.89. The summed E-state index contributed by atoms with van der Waals surface area (Å²) in [7, 11) is 0. The normalized spacial score (nSPS) is 13.2. The van der Waals surface area contributed by atoms with Gasteiger partial charge in [-0.2, -0.15) is 0 Å². The molecule has 1 aromatic heterocycles. The van der Waals surface area contributed by atoms with E-state index in [-0.39, 0.29) is 38.2 Å². The molecule has 1 rings (SSSR count). The summed E-state index contributed by atoms with van der Waals surface area (Å²) in [6.45, 7) is 6.45. The lowest BCUT2D eigenvalue weighted by atomic mass is 10.0. The van der Waals surface area contributed by atoms with Crippen LogP contribution >= 0.6 is 11.8 Å². The molecule has 0 saturated heterocycles. The van der Waals surface area contributed by atoms with E-state index in [1.54, 1.807) is 11.6 Å². The van der Waals surface area contributed by atoms with Crippen molar-refractivity contribution in [1.29, 1.82) is 0 Å². The van der Waals surface area contributed by atoms with Crippen LogP contribution in [0.15, 0.2) is 6.20 Å². The summed E-state index contributed by atoms with van der Waals surface area (Å²) in [5.74, 6) is 0.275. The molecule has 0 radical (unpaired) electrons. The van der Waals surface area contributed by atoms with Gasteiger partial charge in [0.2, 0.25) is 11.8 Å². The maximum atomic E-state index is 12.3. The monoisotopic (exact) mass is 818 g/mol. The summed E-state index contributed by atoms with van der Waals surface area (Å²) in [5, 5.41) is 42.6. The molecule has 2 unspecified atom stereocenters. The Morgan fingerprint density at radius 3 is 1.84 bits per heavy atom. The minimum absolute atomic E-state index is 0.0570. The molecule has 3 atom stereocenters. The smallest absolute Gasteiger partial charge is 0.246 e. The molecule has 0 spiro atoms. The molecule has 328 valence electrons. The maximum absolute atomic E-state index is 12.3. The lowest BCUT2D eigenvalue weighted by Gasteiger charge is -2.25. The highest BCUT2D eigenvalue weighted by Crippen LogP contribution is 2.17. The van der Waals surface area contributed by atoms with Gasteiger partial charge in [0.05, 0.1) is 71.6 Å². The Morgan fingerprint density at radius 1 is 0.732 bits per heavy atom. The van der Waals surface area contributed by atoms with Gasteiger partial charge in [-0.1, -0.05) is 128 Å². The van der Waals surface area contributed by atoms with Crippen molar-refractivity contribution < 1.29 is 43.9 Å². The van der Waals surface area contributed by atoms with Gasteiger partial charge in [0.25, 0.3) is 0 Å². The summed E-state index contributed by atoms with van der Waals surface area (Å²) in [6.07, 6.45) is 25.2. The first-order valence-corrected chi connectivity index (χ1v) is 22.8. The molecule has 0 aromatic carbocycles. The Hall–Kier alpha value is -1.85. The number of thioether (sulfide) groups is 1. The summed E-state index contributed by atoms with van der Waals surface area (Å²) in [5.41, 5.74) is 0.106. The zero-order chi connectivity index (χ0) is 40.7. The van der Waals surface area contributed by atoms with Crippen LogP contribution in [-0.2, 0) is 41.6 Å². The Kier molecular flexibility index (Phi) is 36.0.